The minimum atomic E-state index is -3.89. The zero-order valence-electron chi connectivity index (χ0n) is 16.6. The van der Waals surface area contributed by atoms with Crippen LogP contribution in [0.1, 0.15) is 11.4 Å². The van der Waals surface area contributed by atoms with Gasteiger partial charge in [0.2, 0.25) is 0 Å². The van der Waals surface area contributed by atoms with Gasteiger partial charge in [-0.05, 0) is 50.2 Å². The summed E-state index contributed by atoms with van der Waals surface area (Å²) >= 11 is 0. The molecule has 0 bridgehead atoms. The molecule has 0 spiro atoms. The number of nitrogens with one attached hydrogen (secondary N) is 1. The Bertz CT molecular complexity index is 1270. The summed E-state index contributed by atoms with van der Waals surface area (Å²) < 4.78 is 36.7. The van der Waals surface area contributed by atoms with Gasteiger partial charge in [0.1, 0.15) is 10.6 Å². The summed E-state index contributed by atoms with van der Waals surface area (Å²) in [6.45, 7) is 3.43. The maximum atomic E-state index is 13.3. The maximum absolute atomic E-state index is 13.3. The van der Waals surface area contributed by atoms with Gasteiger partial charge < -0.3 is 4.74 Å². The number of hydrogen-bond acceptors (Lipinski definition) is 4. The molecule has 7 heteroatoms. The van der Waals surface area contributed by atoms with Gasteiger partial charge in [0.05, 0.1) is 22.8 Å². The molecular formula is C23H21N3O3S. The van der Waals surface area contributed by atoms with E-state index in [4.69, 9.17) is 4.74 Å². The van der Waals surface area contributed by atoms with E-state index in [0.717, 1.165) is 5.69 Å². The summed E-state index contributed by atoms with van der Waals surface area (Å²) in [5, 5.41) is 4.44. The Morgan fingerprint density at radius 2 is 1.43 bits per heavy atom. The van der Waals surface area contributed by atoms with Gasteiger partial charge in [0.15, 0.2) is 5.75 Å². The molecule has 30 heavy (non-hydrogen) atoms. The third-order valence-electron chi connectivity index (χ3n) is 4.60. The van der Waals surface area contributed by atoms with Crippen molar-refractivity contribution in [3.8, 4) is 17.2 Å². The van der Waals surface area contributed by atoms with Crippen LogP contribution in [0.15, 0.2) is 89.8 Å². The monoisotopic (exact) mass is 419 g/mol. The van der Waals surface area contributed by atoms with Crippen molar-refractivity contribution in [3.05, 3.63) is 96.3 Å². The first-order chi connectivity index (χ1) is 14.5. The van der Waals surface area contributed by atoms with Gasteiger partial charge in [-0.3, -0.25) is 4.72 Å². The molecule has 0 aliphatic rings. The average molecular weight is 420 g/mol. The largest absolute Gasteiger partial charge is 0.455 e. The van der Waals surface area contributed by atoms with Gasteiger partial charge in [-0.15, -0.1) is 0 Å². The molecule has 0 unspecified atom stereocenters. The number of anilines is 1. The van der Waals surface area contributed by atoms with Crippen molar-refractivity contribution in [3.63, 3.8) is 0 Å². The predicted molar refractivity (Wildman–Crippen MR) is 117 cm³/mol. The van der Waals surface area contributed by atoms with E-state index in [1.807, 2.05) is 60.7 Å². The van der Waals surface area contributed by atoms with E-state index in [2.05, 4.69) is 9.82 Å². The highest BCUT2D eigenvalue weighted by atomic mass is 32.2. The van der Waals surface area contributed by atoms with E-state index in [-0.39, 0.29) is 4.90 Å². The van der Waals surface area contributed by atoms with E-state index in [0.29, 0.717) is 28.6 Å². The molecule has 0 amide bonds. The maximum Gasteiger partial charge on any atom is 0.265 e. The second kappa shape index (κ2) is 8.04. The minimum Gasteiger partial charge on any atom is -0.455 e. The van der Waals surface area contributed by atoms with Crippen LogP contribution in [0.3, 0.4) is 0 Å². The second-order valence-corrected chi connectivity index (χ2v) is 8.38. The Morgan fingerprint density at radius 3 is 2.13 bits per heavy atom. The molecule has 1 heterocycles. The molecule has 6 nitrogen and oxygen atoms in total. The van der Waals surface area contributed by atoms with Crippen molar-refractivity contribution in [2.45, 2.75) is 18.7 Å². The van der Waals surface area contributed by atoms with Gasteiger partial charge >= 0.3 is 0 Å². The smallest absolute Gasteiger partial charge is 0.265 e. The third-order valence-corrected chi connectivity index (χ3v) is 6.21. The highest BCUT2D eigenvalue weighted by Crippen LogP contribution is 2.32. The number of hydrogen-bond donors (Lipinski definition) is 1. The summed E-state index contributed by atoms with van der Waals surface area (Å²) in [6.07, 6.45) is 0. The summed E-state index contributed by atoms with van der Waals surface area (Å²) in [7, 11) is -3.89. The van der Waals surface area contributed by atoms with E-state index >= 15 is 0 Å². The fourth-order valence-corrected chi connectivity index (χ4v) is 4.75. The summed E-state index contributed by atoms with van der Waals surface area (Å²) in [5.41, 5.74) is 2.11. The molecule has 0 fully saturated rings. The van der Waals surface area contributed by atoms with E-state index in [9.17, 15) is 8.42 Å². The molecule has 1 N–H and O–H groups in total. The van der Waals surface area contributed by atoms with Crippen LogP contribution in [0.4, 0.5) is 5.69 Å². The fourth-order valence-electron chi connectivity index (χ4n) is 3.29. The van der Waals surface area contributed by atoms with Crippen molar-refractivity contribution in [2.75, 3.05) is 4.72 Å². The van der Waals surface area contributed by atoms with Gasteiger partial charge in [-0.25, -0.2) is 13.1 Å². The van der Waals surface area contributed by atoms with Gasteiger partial charge in [0.25, 0.3) is 10.0 Å². The van der Waals surface area contributed by atoms with Gasteiger partial charge in [-0.1, -0.05) is 48.5 Å². The van der Waals surface area contributed by atoms with Crippen molar-refractivity contribution >= 4 is 15.7 Å². The normalized spacial score (nSPS) is 11.3. The number of aromatic nitrogens is 2. The van der Waals surface area contributed by atoms with Crippen LogP contribution in [-0.2, 0) is 10.0 Å². The highest BCUT2D eigenvalue weighted by Gasteiger charge is 2.26. The molecular weight excluding hydrogens is 398 g/mol. The Morgan fingerprint density at radius 1 is 0.833 bits per heavy atom. The van der Waals surface area contributed by atoms with Crippen LogP contribution >= 0.6 is 0 Å². The Hall–Kier alpha value is -3.58. The van der Waals surface area contributed by atoms with Crippen molar-refractivity contribution in [1.29, 1.82) is 0 Å². The molecule has 0 atom stereocenters. The van der Waals surface area contributed by atoms with Crippen LogP contribution < -0.4 is 9.46 Å². The van der Waals surface area contributed by atoms with Crippen LogP contribution in [0.2, 0.25) is 0 Å². The SMILES string of the molecule is Cc1nn(-c2ccccc2)c(C)c1S(=O)(=O)Nc1ccccc1Oc1ccccc1. The van der Waals surface area contributed by atoms with Crippen molar-refractivity contribution in [1.82, 2.24) is 9.78 Å². The van der Waals surface area contributed by atoms with Crippen LogP contribution in [0.25, 0.3) is 5.69 Å². The zero-order chi connectivity index (χ0) is 21.1. The lowest BCUT2D eigenvalue weighted by molar-refractivity contribution is 0.485. The van der Waals surface area contributed by atoms with Gasteiger partial charge in [-0.2, -0.15) is 5.10 Å². The van der Waals surface area contributed by atoms with Crippen molar-refractivity contribution in [2.24, 2.45) is 0 Å². The lowest BCUT2D eigenvalue weighted by Gasteiger charge is -2.13. The second-order valence-electron chi connectivity index (χ2n) is 6.76. The molecule has 0 aliphatic heterocycles. The first-order valence-corrected chi connectivity index (χ1v) is 10.9. The van der Waals surface area contributed by atoms with Crippen molar-refractivity contribution < 1.29 is 13.2 Å². The molecule has 1 aromatic heterocycles. The Labute approximate surface area is 175 Å². The number of ether oxygens (including phenoxy) is 1. The standard InChI is InChI=1S/C23H21N3O3S/c1-17-23(18(2)26(24-17)19-11-5-3-6-12-19)30(27,28)25-21-15-9-10-16-22(21)29-20-13-7-4-8-14-20/h3-16,25H,1-2H3. The molecule has 0 saturated heterocycles. The van der Waals surface area contributed by atoms with Crippen LogP contribution in [-0.4, -0.2) is 18.2 Å². The fraction of sp³-hybridized carbons (Fsp3) is 0.0870. The molecule has 4 rings (SSSR count). The Kier molecular flexibility index (Phi) is 5.29. The minimum absolute atomic E-state index is 0.154. The number of rotatable bonds is 6. The zero-order valence-corrected chi connectivity index (χ0v) is 17.4. The number of para-hydroxylation sites is 4. The van der Waals surface area contributed by atoms with E-state index in [1.165, 1.54) is 0 Å². The molecule has 4 aromatic rings. The summed E-state index contributed by atoms with van der Waals surface area (Å²) in [4.78, 5) is 0.154. The molecule has 0 aliphatic carbocycles. The van der Waals surface area contributed by atoms with Crippen LogP contribution in [0, 0.1) is 13.8 Å². The van der Waals surface area contributed by atoms with Gasteiger partial charge in [0, 0.05) is 0 Å². The highest BCUT2D eigenvalue weighted by molar-refractivity contribution is 7.92. The number of sulfonamides is 1. The molecule has 0 saturated carbocycles. The van der Waals surface area contributed by atoms with E-state index < -0.39 is 10.0 Å². The lowest BCUT2D eigenvalue weighted by atomic mass is 10.3. The summed E-state index contributed by atoms with van der Waals surface area (Å²) in [5.74, 6) is 1.03. The Balaban J connectivity index is 1.69. The molecule has 3 aromatic carbocycles. The first-order valence-electron chi connectivity index (χ1n) is 9.42. The molecule has 0 radical (unpaired) electrons. The number of nitrogens with zero attached hydrogens (tertiary/aromatic N) is 2. The number of benzene rings is 3. The number of aryl methyl sites for hydroxylation is 1. The third kappa shape index (κ3) is 3.92. The molecule has 152 valence electrons. The lowest BCUT2D eigenvalue weighted by Crippen LogP contribution is -2.15. The summed E-state index contributed by atoms with van der Waals surface area (Å²) in [6, 6.07) is 25.6. The predicted octanol–water partition coefficient (Wildman–Crippen LogP) is 5.08. The van der Waals surface area contributed by atoms with E-state index in [1.54, 1.807) is 42.8 Å². The topological polar surface area (TPSA) is 73.2 Å². The quantitative estimate of drug-likeness (QED) is 0.473. The average Bonchev–Trinajstić information content (AvgIpc) is 3.05. The van der Waals surface area contributed by atoms with Crippen LogP contribution in [0.5, 0.6) is 11.5 Å². The first kappa shape index (κ1) is 19.7.